The second-order valence-corrected chi connectivity index (χ2v) is 6.72. The van der Waals surface area contributed by atoms with Gasteiger partial charge in [0.1, 0.15) is 0 Å². The van der Waals surface area contributed by atoms with Crippen molar-refractivity contribution in [1.82, 2.24) is 0 Å². The molecule has 1 aliphatic rings. The van der Waals surface area contributed by atoms with Crippen LogP contribution >= 0.6 is 11.6 Å². The predicted octanol–water partition coefficient (Wildman–Crippen LogP) is 5.23. The highest BCUT2D eigenvalue weighted by atomic mass is 35.5. The molecule has 1 aromatic carbocycles. The summed E-state index contributed by atoms with van der Waals surface area (Å²) < 4.78 is 0. The molecular formula is C17H23ClN2. The van der Waals surface area contributed by atoms with Crippen LogP contribution in [-0.4, -0.2) is 6.04 Å². The zero-order valence-corrected chi connectivity index (χ0v) is 13.1. The van der Waals surface area contributed by atoms with Gasteiger partial charge in [-0.25, -0.2) is 0 Å². The standard InChI is InChI=1S/C17H23ClN2/c1-12(2)8-13-4-3-5-15(9-13)20-17-10-14(11-19)6-7-16(17)18/h6-7,10,12-13,15,20H,3-5,8-9H2,1-2H3. The number of hydrogen-bond donors (Lipinski definition) is 1. The Balaban J connectivity index is 2.01. The van der Waals surface area contributed by atoms with Gasteiger partial charge in [0.05, 0.1) is 22.3 Å². The second-order valence-electron chi connectivity index (χ2n) is 6.31. The molecule has 1 saturated carbocycles. The molecule has 0 aliphatic heterocycles. The van der Waals surface area contributed by atoms with Crippen LogP contribution in [0.15, 0.2) is 18.2 Å². The Morgan fingerprint density at radius 3 is 2.90 bits per heavy atom. The van der Waals surface area contributed by atoms with E-state index in [2.05, 4.69) is 25.2 Å². The monoisotopic (exact) mass is 290 g/mol. The normalized spacial score (nSPS) is 22.6. The fourth-order valence-corrected chi connectivity index (χ4v) is 3.40. The van der Waals surface area contributed by atoms with Gasteiger partial charge in [-0.15, -0.1) is 0 Å². The van der Waals surface area contributed by atoms with Gasteiger partial charge in [0.15, 0.2) is 0 Å². The topological polar surface area (TPSA) is 35.8 Å². The van der Waals surface area contributed by atoms with Crippen molar-refractivity contribution in [1.29, 1.82) is 5.26 Å². The third-order valence-corrected chi connectivity index (χ3v) is 4.37. The highest BCUT2D eigenvalue weighted by Crippen LogP contribution is 2.32. The Labute approximate surface area is 127 Å². The fraction of sp³-hybridized carbons (Fsp3) is 0.588. The van der Waals surface area contributed by atoms with Crippen LogP contribution in [0.1, 0.15) is 51.5 Å². The molecule has 2 rings (SSSR count). The third-order valence-electron chi connectivity index (χ3n) is 4.04. The highest BCUT2D eigenvalue weighted by Gasteiger charge is 2.23. The van der Waals surface area contributed by atoms with Gasteiger partial charge in [0.2, 0.25) is 0 Å². The van der Waals surface area contributed by atoms with Crippen molar-refractivity contribution in [3.8, 4) is 6.07 Å². The molecule has 2 atom stereocenters. The number of nitrogens with zero attached hydrogens (tertiary/aromatic N) is 1. The summed E-state index contributed by atoms with van der Waals surface area (Å²) in [6.45, 7) is 4.59. The van der Waals surface area contributed by atoms with Gasteiger partial charge in [-0.05, 0) is 49.3 Å². The quantitative estimate of drug-likeness (QED) is 0.824. The molecule has 1 aromatic rings. The number of benzene rings is 1. The minimum Gasteiger partial charge on any atom is -0.381 e. The molecular weight excluding hydrogens is 268 g/mol. The summed E-state index contributed by atoms with van der Waals surface area (Å²) in [6, 6.07) is 8.07. The van der Waals surface area contributed by atoms with Gasteiger partial charge in [-0.1, -0.05) is 38.3 Å². The smallest absolute Gasteiger partial charge is 0.0992 e. The van der Waals surface area contributed by atoms with E-state index < -0.39 is 0 Å². The molecule has 0 amide bonds. The van der Waals surface area contributed by atoms with Gasteiger partial charge in [-0.2, -0.15) is 5.26 Å². The van der Waals surface area contributed by atoms with E-state index in [1.165, 1.54) is 32.1 Å². The maximum Gasteiger partial charge on any atom is 0.0992 e. The Hall–Kier alpha value is -1.20. The molecule has 2 nitrogen and oxygen atoms in total. The molecule has 0 radical (unpaired) electrons. The van der Waals surface area contributed by atoms with Crippen LogP contribution in [0.4, 0.5) is 5.69 Å². The van der Waals surface area contributed by atoms with E-state index in [-0.39, 0.29) is 0 Å². The molecule has 108 valence electrons. The minimum absolute atomic E-state index is 0.485. The highest BCUT2D eigenvalue weighted by molar-refractivity contribution is 6.33. The number of halogens is 1. The number of anilines is 1. The lowest BCUT2D eigenvalue weighted by Gasteiger charge is -2.31. The lowest BCUT2D eigenvalue weighted by molar-refractivity contribution is 0.289. The zero-order valence-electron chi connectivity index (χ0n) is 12.3. The number of nitrogens with one attached hydrogen (secondary N) is 1. The van der Waals surface area contributed by atoms with E-state index in [0.29, 0.717) is 16.6 Å². The van der Waals surface area contributed by atoms with Gasteiger partial charge < -0.3 is 5.32 Å². The summed E-state index contributed by atoms with van der Waals surface area (Å²) in [5, 5.41) is 13.2. The van der Waals surface area contributed by atoms with Gasteiger partial charge in [-0.3, -0.25) is 0 Å². The predicted molar refractivity (Wildman–Crippen MR) is 85.0 cm³/mol. The van der Waals surface area contributed by atoms with E-state index in [4.69, 9.17) is 16.9 Å². The molecule has 0 aromatic heterocycles. The van der Waals surface area contributed by atoms with E-state index in [0.717, 1.165) is 17.5 Å². The summed E-state index contributed by atoms with van der Waals surface area (Å²) in [5.74, 6) is 1.59. The van der Waals surface area contributed by atoms with Gasteiger partial charge in [0.25, 0.3) is 0 Å². The Morgan fingerprint density at radius 1 is 1.40 bits per heavy atom. The molecule has 3 heteroatoms. The molecule has 0 saturated heterocycles. The van der Waals surface area contributed by atoms with Crippen LogP contribution in [0.25, 0.3) is 0 Å². The summed E-state index contributed by atoms with van der Waals surface area (Å²) in [4.78, 5) is 0. The molecule has 0 spiro atoms. The Bertz CT molecular complexity index is 490. The van der Waals surface area contributed by atoms with Gasteiger partial charge in [0, 0.05) is 6.04 Å². The molecule has 2 unspecified atom stereocenters. The maximum atomic E-state index is 8.98. The molecule has 1 N–H and O–H groups in total. The molecule has 0 heterocycles. The van der Waals surface area contributed by atoms with Crippen LogP contribution in [0.2, 0.25) is 5.02 Å². The maximum absolute atomic E-state index is 8.98. The summed E-state index contributed by atoms with van der Waals surface area (Å²) in [6.07, 6.45) is 6.35. The molecule has 0 bridgehead atoms. The first-order valence-electron chi connectivity index (χ1n) is 7.54. The van der Waals surface area contributed by atoms with Gasteiger partial charge >= 0.3 is 0 Å². The summed E-state index contributed by atoms with van der Waals surface area (Å²) >= 11 is 6.22. The first-order chi connectivity index (χ1) is 9.58. The molecule has 20 heavy (non-hydrogen) atoms. The van der Waals surface area contributed by atoms with Crippen LogP contribution in [0.3, 0.4) is 0 Å². The first-order valence-corrected chi connectivity index (χ1v) is 7.92. The van der Waals surface area contributed by atoms with Crippen LogP contribution in [-0.2, 0) is 0 Å². The number of rotatable bonds is 4. The van der Waals surface area contributed by atoms with Crippen molar-refractivity contribution in [3.05, 3.63) is 28.8 Å². The number of hydrogen-bond acceptors (Lipinski definition) is 2. The van der Waals surface area contributed by atoms with Crippen LogP contribution in [0, 0.1) is 23.2 Å². The van der Waals surface area contributed by atoms with Crippen molar-refractivity contribution >= 4 is 17.3 Å². The van der Waals surface area contributed by atoms with E-state index >= 15 is 0 Å². The zero-order chi connectivity index (χ0) is 14.5. The van der Waals surface area contributed by atoms with Crippen molar-refractivity contribution in [3.63, 3.8) is 0 Å². The average Bonchev–Trinajstić information content (AvgIpc) is 2.41. The minimum atomic E-state index is 0.485. The van der Waals surface area contributed by atoms with Crippen molar-refractivity contribution in [2.45, 2.75) is 52.0 Å². The summed E-state index contributed by atoms with van der Waals surface area (Å²) in [7, 11) is 0. The van der Waals surface area contributed by atoms with Crippen molar-refractivity contribution in [2.75, 3.05) is 5.32 Å². The lowest BCUT2D eigenvalue weighted by Crippen LogP contribution is -2.28. The fourth-order valence-electron chi connectivity index (χ4n) is 3.23. The number of nitriles is 1. The first kappa shape index (κ1) is 15.2. The van der Waals surface area contributed by atoms with E-state index in [1.54, 1.807) is 12.1 Å². The van der Waals surface area contributed by atoms with E-state index in [1.807, 2.05) is 6.07 Å². The molecule has 1 fully saturated rings. The summed E-state index contributed by atoms with van der Waals surface area (Å²) in [5.41, 5.74) is 1.56. The van der Waals surface area contributed by atoms with Crippen molar-refractivity contribution in [2.24, 2.45) is 11.8 Å². The lowest BCUT2D eigenvalue weighted by atomic mass is 9.81. The SMILES string of the molecule is CC(C)CC1CCCC(Nc2cc(C#N)ccc2Cl)C1. The van der Waals surface area contributed by atoms with Crippen LogP contribution < -0.4 is 5.32 Å². The second kappa shape index (κ2) is 6.99. The van der Waals surface area contributed by atoms with E-state index in [9.17, 15) is 0 Å². The largest absolute Gasteiger partial charge is 0.381 e. The average molecular weight is 291 g/mol. The Morgan fingerprint density at radius 2 is 2.20 bits per heavy atom. The Kier molecular flexibility index (Phi) is 5.31. The molecule has 1 aliphatic carbocycles. The van der Waals surface area contributed by atoms with Crippen LogP contribution in [0.5, 0.6) is 0 Å². The van der Waals surface area contributed by atoms with Crippen molar-refractivity contribution < 1.29 is 0 Å². The third kappa shape index (κ3) is 4.15.